The van der Waals surface area contributed by atoms with Crippen LogP contribution in [-0.4, -0.2) is 27.9 Å². The van der Waals surface area contributed by atoms with Crippen molar-refractivity contribution >= 4 is 17.6 Å². The largest absolute Gasteiger partial charge is 0.457 e. The lowest BCUT2D eigenvalue weighted by Crippen LogP contribution is -2.39. The highest BCUT2D eigenvalue weighted by Gasteiger charge is 2.44. The number of anilines is 1. The standard InChI is InChI=1S/C21H24FN3O5/c1-2-11-25-17(23)16(18(27)24-20(25)29)15(26)12-30-19(28)21(9-3-4-10-21)13-5-7-14(22)8-6-13/h5-8H,2-4,9-12,23H2,1H3,(H,24,27,29). The third-order valence-electron chi connectivity index (χ3n) is 5.54. The van der Waals surface area contributed by atoms with Crippen LogP contribution >= 0.6 is 0 Å². The summed E-state index contributed by atoms with van der Waals surface area (Å²) in [6, 6.07) is 5.66. The summed E-state index contributed by atoms with van der Waals surface area (Å²) in [5.74, 6) is -2.05. The molecule has 0 bridgehead atoms. The van der Waals surface area contributed by atoms with Crippen molar-refractivity contribution in [1.29, 1.82) is 0 Å². The van der Waals surface area contributed by atoms with Crippen LogP contribution in [-0.2, 0) is 21.5 Å². The number of nitrogens with zero attached hydrogens (tertiary/aromatic N) is 1. The fourth-order valence-corrected chi connectivity index (χ4v) is 4.00. The Kier molecular flexibility index (Phi) is 6.19. The van der Waals surface area contributed by atoms with Crippen LogP contribution in [0.25, 0.3) is 0 Å². The second kappa shape index (κ2) is 8.64. The maximum absolute atomic E-state index is 13.3. The summed E-state index contributed by atoms with van der Waals surface area (Å²) < 4.78 is 19.7. The zero-order valence-corrected chi connectivity index (χ0v) is 16.7. The molecule has 0 spiro atoms. The maximum Gasteiger partial charge on any atom is 0.329 e. The first-order valence-electron chi connectivity index (χ1n) is 9.89. The Morgan fingerprint density at radius 1 is 1.20 bits per heavy atom. The Bertz CT molecular complexity index is 1070. The van der Waals surface area contributed by atoms with E-state index in [9.17, 15) is 23.6 Å². The number of aromatic amines is 1. The Morgan fingerprint density at radius 2 is 1.83 bits per heavy atom. The minimum atomic E-state index is -0.951. The number of carbonyl (C=O) groups is 2. The van der Waals surface area contributed by atoms with Crippen molar-refractivity contribution in [2.24, 2.45) is 0 Å². The number of Topliss-reactive ketones (excluding diaryl/α,β-unsaturated/α-hetero) is 1. The quantitative estimate of drug-likeness (QED) is 0.524. The van der Waals surface area contributed by atoms with Gasteiger partial charge in [-0.2, -0.15) is 0 Å². The van der Waals surface area contributed by atoms with Gasteiger partial charge in [0.25, 0.3) is 5.56 Å². The molecule has 30 heavy (non-hydrogen) atoms. The average Bonchev–Trinajstić information content (AvgIpc) is 3.21. The van der Waals surface area contributed by atoms with Crippen molar-refractivity contribution in [2.45, 2.75) is 51.0 Å². The molecule has 0 aliphatic heterocycles. The minimum absolute atomic E-state index is 0.231. The number of hydrogen-bond donors (Lipinski definition) is 2. The first kappa shape index (κ1) is 21.5. The number of esters is 1. The number of H-pyrrole nitrogens is 1. The van der Waals surface area contributed by atoms with Crippen LogP contribution in [0.15, 0.2) is 33.9 Å². The Morgan fingerprint density at radius 3 is 2.43 bits per heavy atom. The lowest BCUT2D eigenvalue weighted by atomic mass is 9.79. The molecule has 0 radical (unpaired) electrons. The van der Waals surface area contributed by atoms with Gasteiger partial charge in [0, 0.05) is 6.54 Å². The van der Waals surface area contributed by atoms with Crippen LogP contribution in [0.1, 0.15) is 54.9 Å². The highest BCUT2D eigenvalue weighted by molar-refractivity contribution is 6.01. The topological polar surface area (TPSA) is 124 Å². The highest BCUT2D eigenvalue weighted by Crippen LogP contribution is 2.42. The first-order chi connectivity index (χ1) is 14.3. The number of rotatable bonds is 7. The fraction of sp³-hybridized carbons (Fsp3) is 0.429. The number of ketones is 1. The van der Waals surface area contributed by atoms with Crippen molar-refractivity contribution in [3.05, 3.63) is 62.0 Å². The monoisotopic (exact) mass is 417 g/mol. The van der Waals surface area contributed by atoms with E-state index in [-0.39, 0.29) is 12.4 Å². The van der Waals surface area contributed by atoms with Crippen molar-refractivity contribution < 1.29 is 18.7 Å². The lowest BCUT2D eigenvalue weighted by Gasteiger charge is -2.27. The zero-order valence-electron chi connectivity index (χ0n) is 16.7. The van der Waals surface area contributed by atoms with E-state index in [4.69, 9.17) is 10.5 Å². The zero-order chi connectivity index (χ0) is 21.9. The van der Waals surface area contributed by atoms with Crippen molar-refractivity contribution in [3.63, 3.8) is 0 Å². The molecule has 2 aromatic rings. The summed E-state index contributed by atoms with van der Waals surface area (Å²) in [5, 5.41) is 0. The second-order valence-corrected chi connectivity index (χ2v) is 7.47. The Labute approximate surface area is 171 Å². The predicted molar refractivity (Wildman–Crippen MR) is 108 cm³/mol. The van der Waals surface area contributed by atoms with Gasteiger partial charge in [-0.25, -0.2) is 9.18 Å². The van der Waals surface area contributed by atoms with Crippen LogP contribution in [0.3, 0.4) is 0 Å². The normalized spacial score (nSPS) is 15.1. The van der Waals surface area contributed by atoms with Crippen molar-refractivity contribution in [1.82, 2.24) is 9.55 Å². The van der Waals surface area contributed by atoms with E-state index >= 15 is 0 Å². The highest BCUT2D eigenvalue weighted by atomic mass is 19.1. The summed E-state index contributed by atoms with van der Waals surface area (Å²) in [7, 11) is 0. The molecule has 1 aliphatic rings. The van der Waals surface area contributed by atoms with E-state index in [1.807, 2.05) is 6.92 Å². The smallest absolute Gasteiger partial charge is 0.329 e. The molecule has 3 rings (SSSR count). The van der Waals surface area contributed by atoms with Gasteiger partial charge in [-0.05, 0) is 37.0 Å². The molecule has 0 unspecified atom stereocenters. The molecule has 1 aromatic heterocycles. The lowest BCUT2D eigenvalue weighted by molar-refractivity contribution is -0.149. The van der Waals surface area contributed by atoms with E-state index in [2.05, 4.69) is 4.98 Å². The predicted octanol–water partition coefficient (Wildman–Crippen LogP) is 1.91. The van der Waals surface area contributed by atoms with E-state index in [0.29, 0.717) is 24.8 Å². The third kappa shape index (κ3) is 3.92. The maximum atomic E-state index is 13.3. The molecular formula is C21H24FN3O5. The molecule has 0 amide bonds. The summed E-state index contributed by atoms with van der Waals surface area (Å²) in [6.07, 6.45) is 3.22. The van der Waals surface area contributed by atoms with Gasteiger partial charge in [0.15, 0.2) is 6.61 Å². The van der Waals surface area contributed by atoms with Crippen LogP contribution in [0.2, 0.25) is 0 Å². The summed E-state index contributed by atoms with van der Waals surface area (Å²) in [5.41, 5.74) is 3.54. The number of benzene rings is 1. The molecule has 1 fully saturated rings. The first-order valence-corrected chi connectivity index (χ1v) is 9.89. The molecular weight excluding hydrogens is 393 g/mol. The van der Waals surface area contributed by atoms with Gasteiger partial charge in [0.2, 0.25) is 5.78 Å². The van der Waals surface area contributed by atoms with Crippen molar-refractivity contribution in [2.75, 3.05) is 12.3 Å². The van der Waals surface area contributed by atoms with Gasteiger partial charge in [-0.15, -0.1) is 0 Å². The summed E-state index contributed by atoms with van der Waals surface area (Å²) >= 11 is 0. The number of nitrogens with two attached hydrogens (primary N) is 1. The van der Waals surface area contributed by atoms with Crippen LogP contribution in [0.4, 0.5) is 10.2 Å². The molecule has 1 aliphatic carbocycles. The van der Waals surface area contributed by atoms with Gasteiger partial charge < -0.3 is 10.5 Å². The number of halogens is 1. The number of nitrogens with one attached hydrogen (secondary N) is 1. The molecule has 1 saturated carbocycles. The summed E-state index contributed by atoms with van der Waals surface area (Å²) in [6.45, 7) is 1.37. The van der Waals surface area contributed by atoms with E-state index in [0.717, 1.165) is 17.4 Å². The molecule has 0 saturated heterocycles. The molecule has 1 aromatic carbocycles. The van der Waals surface area contributed by atoms with Gasteiger partial charge in [-0.3, -0.25) is 23.9 Å². The molecule has 3 N–H and O–H groups in total. The molecule has 1 heterocycles. The molecule has 0 atom stereocenters. The number of aromatic nitrogens is 2. The van der Waals surface area contributed by atoms with E-state index < -0.39 is 46.4 Å². The van der Waals surface area contributed by atoms with Crippen LogP contribution < -0.4 is 17.0 Å². The van der Waals surface area contributed by atoms with Crippen LogP contribution in [0.5, 0.6) is 0 Å². The average molecular weight is 417 g/mol. The fourth-order valence-electron chi connectivity index (χ4n) is 4.00. The van der Waals surface area contributed by atoms with Gasteiger partial charge >= 0.3 is 11.7 Å². The molecule has 160 valence electrons. The van der Waals surface area contributed by atoms with Gasteiger partial charge in [-0.1, -0.05) is 31.9 Å². The number of carbonyl (C=O) groups excluding carboxylic acids is 2. The molecule has 8 nitrogen and oxygen atoms in total. The Balaban J connectivity index is 1.82. The van der Waals surface area contributed by atoms with E-state index in [1.165, 1.54) is 12.1 Å². The third-order valence-corrected chi connectivity index (χ3v) is 5.54. The van der Waals surface area contributed by atoms with Gasteiger partial charge in [0.05, 0.1) is 5.41 Å². The van der Waals surface area contributed by atoms with Crippen molar-refractivity contribution in [3.8, 4) is 0 Å². The summed E-state index contributed by atoms with van der Waals surface area (Å²) in [4.78, 5) is 51.7. The Hall–Kier alpha value is -3.23. The number of hydrogen-bond acceptors (Lipinski definition) is 6. The molecule has 9 heteroatoms. The van der Waals surface area contributed by atoms with Crippen LogP contribution in [0, 0.1) is 5.82 Å². The SMILES string of the molecule is CCCn1c(N)c(C(=O)COC(=O)C2(c3ccc(F)cc3)CCCC2)c(=O)[nH]c1=O. The van der Waals surface area contributed by atoms with Gasteiger partial charge in [0.1, 0.15) is 17.2 Å². The number of nitrogen functional groups attached to an aromatic ring is 1. The number of ether oxygens (including phenoxy) is 1. The van der Waals surface area contributed by atoms with E-state index in [1.54, 1.807) is 12.1 Å². The minimum Gasteiger partial charge on any atom is -0.457 e. The second-order valence-electron chi connectivity index (χ2n) is 7.47.